The Kier molecular flexibility index (Phi) is 6.76. The zero-order valence-corrected chi connectivity index (χ0v) is 15.9. The first-order valence-electron chi connectivity index (χ1n) is 8.58. The largest absolute Gasteiger partial charge is 0.478 e. The van der Waals surface area contributed by atoms with E-state index in [0.29, 0.717) is 6.42 Å². The molecule has 0 atom stereocenters. The van der Waals surface area contributed by atoms with Crippen LogP contribution in [0, 0.1) is 10.8 Å². The second-order valence-electron chi connectivity index (χ2n) is 6.86. The van der Waals surface area contributed by atoms with Crippen LogP contribution >= 0.6 is 0 Å². The Bertz CT molecular complexity index is 706. The van der Waals surface area contributed by atoms with Gasteiger partial charge in [-0.1, -0.05) is 52.8 Å². The van der Waals surface area contributed by atoms with E-state index in [9.17, 15) is 4.79 Å². The Balaban J connectivity index is 0.00000139. The minimum absolute atomic E-state index is 0.0166. The summed E-state index contributed by atoms with van der Waals surface area (Å²) < 4.78 is 7.13. The molecular weight excluding hydrogens is 300 g/mol. The molecule has 2 aromatic rings. The van der Waals surface area contributed by atoms with E-state index in [0.717, 1.165) is 16.5 Å². The van der Waals surface area contributed by atoms with E-state index < -0.39 is 5.41 Å². The van der Waals surface area contributed by atoms with Gasteiger partial charge in [0.2, 0.25) is 5.91 Å². The maximum atomic E-state index is 12.6. The third-order valence-electron chi connectivity index (χ3n) is 3.38. The molecule has 1 aromatic carbocycles. The number of ether oxygens (including phenoxy) is 1. The van der Waals surface area contributed by atoms with Crippen LogP contribution in [0.4, 0.5) is 0 Å². The number of fused-ring (bicyclic) bond motifs is 1. The van der Waals surface area contributed by atoms with Crippen LogP contribution in [-0.4, -0.2) is 22.5 Å². The van der Waals surface area contributed by atoms with Crippen molar-refractivity contribution in [2.24, 2.45) is 5.41 Å². The first kappa shape index (κ1) is 19.9. The summed E-state index contributed by atoms with van der Waals surface area (Å²) in [6, 6.07) is 7.80. The van der Waals surface area contributed by atoms with Crippen LogP contribution in [0.15, 0.2) is 30.5 Å². The Hall–Kier alpha value is -2.10. The van der Waals surface area contributed by atoms with Gasteiger partial charge in [-0.25, -0.2) is 0 Å². The average Bonchev–Trinajstić information content (AvgIpc) is 2.85. The van der Waals surface area contributed by atoms with Gasteiger partial charge in [-0.15, -0.1) is 0 Å². The molecule has 0 aliphatic carbocycles. The highest BCUT2D eigenvalue weighted by atomic mass is 16.5. The molecule has 24 heavy (non-hydrogen) atoms. The summed E-state index contributed by atoms with van der Waals surface area (Å²) >= 11 is 0. The summed E-state index contributed by atoms with van der Waals surface area (Å²) in [5.41, 5.74) is 1.37. The summed E-state index contributed by atoms with van der Waals surface area (Å²) in [6.45, 7) is 13.5. The fourth-order valence-corrected chi connectivity index (χ4v) is 2.42. The first-order chi connectivity index (χ1) is 11.2. The number of rotatable bonds is 3. The van der Waals surface area contributed by atoms with Gasteiger partial charge >= 0.3 is 0 Å². The van der Waals surface area contributed by atoms with Crippen LogP contribution in [0.3, 0.4) is 0 Å². The van der Waals surface area contributed by atoms with Gasteiger partial charge in [-0.05, 0) is 25.5 Å². The molecule has 1 aromatic heterocycles. The molecule has 4 heteroatoms. The highest BCUT2D eigenvalue weighted by Gasteiger charge is 2.25. The fourth-order valence-electron chi connectivity index (χ4n) is 2.42. The summed E-state index contributed by atoms with van der Waals surface area (Å²) in [7, 11) is 0. The molecule has 4 nitrogen and oxygen atoms in total. The molecule has 0 amide bonds. The lowest BCUT2D eigenvalue weighted by Gasteiger charge is -2.17. The fraction of sp³-hybridized carbons (Fsp3) is 0.500. The van der Waals surface area contributed by atoms with E-state index in [1.54, 1.807) is 4.57 Å². The molecule has 0 saturated carbocycles. The third kappa shape index (κ3) is 4.70. The first-order valence-corrected chi connectivity index (χ1v) is 8.58. The number of hydrogen-bond donors (Lipinski definition) is 1. The number of aromatic nitrogens is 1. The van der Waals surface area contributed by atoms with Gasteiger partial charge in [-0.3, -0.25) is 14.8 Å². The lowest BCUT2D eigenvalue weighted by Crippen LogP contribution is -2.26. The van der Waals surface area contributed by atoms with Crippen molar-refractivity contribution in [2.75, 3.05) is 0 Å². The number of nitrogens with zero attached hydrogens (tertiary/aromatic N) is 1. The Morgan fingerprint density at radius 2 is 1.79 bits per heavy atom. The van der Waals surface area contributed by atoms with E-state index in [-0.39, 0.29) is 17.9 Å². The van der Waals surface area contributed by atoms with Gasteiger partial charge in [0, 0.05) is 17.0 Å². The lowest BCUT2D eigenvalue weighted by molar-refractivity contribution is 0.0772. The van der Waals surface area contributed by atoms with Gasteiger partial charge in [0.05, 0.1) is 18.0 Å². The number of carbonyl (C=O) groups excluding carboxylic acids is 1. The van der Waals surface area contributed by atoms with Gasteiger partial charge < -0.3 is 4.74 Å². The molecule has 132 valence electrons. The number of hydrogen-bond acceptors (Lipinski definition) is 3. The summed E-state index contributed by atoms with van der Waals surface area (Å²) in [5, 5.41) is 8.95. The standard InChI is InChI=1S/C18H24N2O2.C2H6/c1-12(2)22-16(19)10-13-11-20(17(21)18(3,4)5)15-9-7-6-8-14(13)15;1-2/h6-9,11-12,19H,10H2,1-5H3;1-2H3. The van der Waals surface area contributed by atoms with Crippen molar-refractivity contribution in [3.05, 3.63) is 36.0 Å². The molecule has 0 aliphatic heterocycles. The quantitative estimate of drug-likeness (QED) is 0.613. The van der Waals surface area contributed by atoms with Crippen molar-refractivity contribution in [1.82, 2.24) is 4.57 Å². The van der Waals surface area contributed by atoms with E-state index in [1.165, 1.54) is 0 Å². The second kappa shape index (κ2) is 8.13. The summed E-state index contributed by atoms with van der Waals surface area (Å²) in [5.74, 6) is 0.271. The SMILES string of the molecule is CC.CC(C)OC(=N)Cc1cn(C(=O)C(C)(C)C)c2ccccc12. The molecule has 0 saturated heterocycles. The molecule has 0 bridgehead atoms. The van der Waals surface area contributed by atoms with Crippen LogP contribution in [0.1, 0.15) is 58.8 Å². The lowest BCUT2D eigenvalue weighted by atomic mass is 9.95. The van der Waals surface area contributed by atoms with Crippen LogP contribution in [0.25, 0.3) is 10.9 Å². The van der Waals surface area contributed by atoms with Gasteiger partial charge in [-0.2, -0.15) is 0 Å². The van der Waals surface area contributed by atoms with Gasteiger partial charge in [0.1, 0.15) is 0 Å². The van der Waals surface area contributed by atoms with E-state index in [4.69, 9.17) is 10.1 Å². The normalized spacial score (nSPS) is 11.2. The maximum absolute atomic E-state index is 12.6. The Labute approximate surface area is 145 Å². The average molecular weight is 330 g/mol. The Morgan fingerprint density at radius 1 is 1.21 bits per heavy atom. The van der Waals surface area contributed by atoms with Crippen LogP contribution in [0.2, 0.25) is 0 Å². The molecule has 0 spiro atoms. The smallest absolute Gasteiger partial charge is 0.236 e. The topological polar surface area (TPSA) is 55.1 Å². The Morgan fingerprint density at radius 3 is 2.33 bits per heavy atom. The number of carbonyl (C=O) groups is 1. The third-order valence-corrected chi connectivity index (χ3v) is 3.38. The molecule has 0 radical (unpaired) electrons. The number of nitrogens with one attached hydrogen (secondary N) is 1. The number of para-hydroxylation sites is 1. The van der Waals surface area contributed by atoms with E-state index in [2.05, 4.69) is 0 Å². The molecule has 0 fully saturated rings. The zero-order chi connectivity index (χ0) is 18.5. The molecule has 0 unspecified atom stereocenters. The molecular formula is C20H30N2O2. The minimum Gasteiger partial charge on any atom is -0.478 e. The predicted octanol–water partition coefficient (Wildman–Crippen LogP) is 5.30. The molecule has 0 aliphatic rings. The van der Waals surface area contributed by atoms with Crippen molar-refractivity contribution < 1.29 is 9.53 Å². The van der Waals surface area contributed by atoms with Crippen LogP contribution in [-0.2, 0) is 11.2 Å². The van der Waals surface area contributed by atoms with Crippen LogP contribution < -0.4 is 0 Å². The molecule has 1 N–H and O–H groups in total. The van der Waals surface area contributed by atoms with Crippen molar-refractivity contribution in [1.29, 1.82) is 5.41 Å². The summed E-state index contributed by atoms with van der Waals surface area (Å²) in [4.78, 5) is 12.6. The monoisotopic (exact) mass is 330 g/mol. The van der Waals surface area contributed by atoms with Crippen molar-refractivity contribution in [3.8, 4) is 0 Å². The van der Waals surface area contributed by atoms with Crippen molar-refractivity contribution in [2.45, 2.75) is 61.0 Å². The highest BCUT2D eigenvalue weighted by molar-refractivity contribution is 5.97. The van der Waals surface area contributed by atoms with Crippen molar-refractivity contribution >= 4 is 22.7 Å². The van der Waals surface area contributed by atoms with E-state index in [1.807, 2.05) is 78.9 Å². The van der Waals surface area contributed by atoms with Crippen molar-refractivity contribution in [3.63, 3.8) is 0 Å². The van der Waals surface area contributed by atoms with Gasteiger partial charge in [0.25, 0.3) is 0 Å². The molecule has 2 rings (SSSR count). The summed E-state index contributed by atoms with van der Waals surface area (Å²) in [6.07, 6.45) is 2.22. The maximum Gasteiger partial charge on any atom is 0.236 e. The van der Waals surface area contributed by atoms with E-state index >= 15 is 0 Å². The van der Waals surface area contributed by atoms with Crippen LogP contribution in [0.5, 0.6) is 0 Å². The molecule has 1 heterocycles. The predicted molar refractivity (Wildman–Crippen MR) is 101 cm³/mol. The zero-order valence-electron chi connectivity index (χ0n) is 15.9. The van der Waals surface area contributed by atoms with Gasteiger partial charge in [0.15, 0.2) is 5.90 Å². The highest BCUT2D eigenvalue weighted by Crippen LogP contribution is 2.26. The number of benzene rings is 1. The minimum atomic E-state index is -0.457. The second-order valence-corrected chi connectivity index (χ2v) is 6.86.